The summed E-state index contributed by atoms with van der Waals surface area (Å²) in [4.78, 5) is 23.9. The minimum atomic E-state index is -0.863. The molecule has 4 N–H and O–H groups in total. The van der Waals surface area contributed by atoms with E-state index in [1.54, 1.807) is 24.3 Å². The number of nitrogens with one attached hydrogen (secondary N) is 2. The van der Waals surface area contributed by atoms with E-state index >= 15 is 0 Å². The summed E-state index contributed by atoms with van der Waals surface area (Å²) in [6.45, 7) is 5.93. The first kappa shape index (κ1) is 17.5. The number of hydrogen-bond donors (Lipinski definition) is 3. The van der Waals surface area contributed by atoms with Gasteiger partial charge < -0.3 is 16.4 Å². The summed E-state index contributed by atoms with van der Waals surface area (Å²) in [6.07, 6.45) is 0. The van der Waals surface area contributed by atoms with Crippen LogP contribution in [0.3, 0.4) is 0 Å². The molecule has 5 heteroatoms. The topological polar surface area (TPSA) is 84.2 Å². The second-order valence-corrected chi connectivity index (χ2v) is 6.01. The number of urea groups is 1. The van der Waals surface area contributed by atoms with E-state index in [0.717, 1.165) is 16.7 Å². The lowest BCUT2D eigenvalue weighted by molar-refractivity contribution is -0.119. The zero-order valence-electron chi connectivity index (χ0n) is 14.2. The molecule has 2 atom stereocenters. The van der Waals surface area contributed by atoms with Crippen LogP contribution in [-0.4, -0.2) is 11.9 Å². The summed E-state index contributed by atoms with van der Waals surface area (Å²) >= 11 is 0. The fourth-order valence-electron chi connectivity index (χ4n) is 2.68. The maximum atomic E-state index is 12.3. The predicted octanol–water partition coefficient (Wildman–Crippen LogP) is 2.89. The molecule has 0 unspecified atom stereocenters. The first-order valence-corrected chi connectivity index (χ1v) is 7.86. The number of carbonyl (C=O) groups excluding carboxylic acids is 2. The van der Waals surface area contributed by atoms with Crippen LogP contribution >= 0.6 is 0 Å². The molecule has 0 aliphatic heterocycles. The Bertz CT molecular complexity index is 708. The van der Waals surface area contributed by atoms with E-state index in [0.29, 0.717) is 5.56 Å². The first-order valence-electron chi connectivity index (χ1n) is 7.86. The molecule has 0 aliphatic rings. The Labute approximate surface area is 142 Å². The van der Waals surface area contributed by atoms with Crippen molar-refractivity contribution in [2.24, 2.45) is 5.73 Å². The zero-order valence-corrected chi connectivity index (χ0v) is 14.2. The van der Waals surface area contributed by atoms with Gasteiger partial charge in [0.1, 0.15) is 6.04 Å². The van der Waals surface area contributed by atoms with Crippen molar-refractivity contribution in [2.75, 3.05) is 0 Å². The number of hydrogen-bond acceptors (Lipinski definition) is 2. The van der Waals surface area contributed by atoms with Gasteiger partial charge in [-0.3, -0.25) is 4.79 Å². The second kappa shape index (κ2) is 7.64. The van der Waals surface area contributed by atoms with E-state index in [4.69, 9.17) is 5.73 Å². The van der Waals surface area contributed by atoms with Crippen molar-refractivity contribution in [3.05, 3.63) is 70.8 Å². The van der Waals surface area contributed by atoms with Gasteiger partial charge in [0.05, 0.1) is 6.04 Å². The number of primary amides is 1. The van der Waals surface area contributed by atoms with Gasteiger partial charge in [-0.15, -0.1) is 0 Å². The molecular formula is C19H23N3O2. The number of amides is 3. The molecule has 2 rings (SSSR count). The fraction of sp³-hybridized carbons (Fsp3) is 0.263. The Balaban J connectivity index is 2.07. The zero-order chi connectivity index (χ0) is 17.7. The Morgan fingerprint density at radius 3 is 2.04 bits per heavy atom. The maximum absolute atomic E-state index is 12.3. The lowest BCUT2D eigenvalue weighted by atomic mass is 10.0. The quantitative estimate of drug-likeness (QED) is 0.789. The van der Waals surface area contributed by atoms with E-state index in [2.05, 4.69) is 16.7 Å². The Morgan fingerprint density at radius 2 is 1.50 bits per heavy atom. The van der Waals surface area contributed by atoms with Crippen molar-refractivity contribution in [3.63, 3.8) is 0 Å². The third-order valence-electron chi connectivity index (χ3n) is 3.78. The largest absolute Gasteiger partial charge is 0.368 e. The van der Waals surface area contributed by atoms with E-state index < -0.39 is 18.0 Å². The molecule has 0 spiro atoms. The van der Waals surface area contributed by atoms with Gasteiger partial charge in [-0.2, -0.15) is 0 Å². The second-order valence-electron chi connectivity index (χ2n) is 6.01. The van der Waals surface area contributed by atoms with Crippen LogP contribution in [-0.2, 0) is 4.79 Å². The van der Waals surface area contributed by atoms with Gasteiger partial charge in [0.15, 0.2) is 0 Å². The molecule has 0 saturated heterocycles. The van der Waals surface area contributed by atoms with Gasteiger partial charge in [0, 0.05) is 0 Å². The van der Waals surface area contributed by atoms with Crippen LogP contribution in [0.25, 0.3) is 0 Å². The van der Waals surface area contributed by atoms with E-state index in [-0.39, 0.29) is 6.04 Å². The molecule has 0 radical (unpaired) electrons. The summed E-state index contributed by atoms with van der Waals surface area (Å²) in [5, 5.41) is 5.49. The van der Waals surface area contributed by atoms with Crippen molar-refractivity contribution in [3.8, 4) is 0 Å². The molecule has 2 aromatic rings. The minimum absolute atomic E-state index is 0.187. The molecular weight excluding hydrogens is 302 g/mol. The van der Waals surface area contributed by atoms with Crippen LogP contribution in [0, 0.1) is 13.8 Å². The molecule has 126 valence electrons. The summed E-state index contributed by atoms with van der Waals surface area (Å²) in [5.41, 5.74) is 9.36. The molecule has 0 aliphatic carbocycles. The van der Waals surface area contributed by atoms with Gasteiger partial charge in [0.2, 0.25) is 5.91 Å². The average molecular weight is 325 g/mol. The molecule has 0 heterocycles. The van der Waals surface area contributed by atoms with Crippen molar-refractivity contribution in [2.45, 2.75) is 32.9 Å². The van der Waals surface area contributed by atoms with Crippen LogP contribution < -0.4 is 16.4 Å². The molecule has 0 fully saturated rings. The number of aryl methyl sites for hydroxylation is 2. The molecule has 0 aromatic heterocycles. The van der Waals surface area contributed by atoms with E-state index in [9.17, 15) is 9.59 Å². The molecule has 2 aromatic carbocycles. The highest BCUT2D eigenvalue weighted by atomic mass is 16.2. The first-order chi connectivity index (χ1) is 11.4. The van der Waals surface area contributed by atoms with Crippen LogP contribution in [0.5, 0.6) is 0 Å². The fourth-order valence-corrected chi connectivity index (χ4v) is 2.68. The maximum Gasteiger partial charge on any atom is 0.316 e. The highest BCUT2D eigenvalue weighted by Gasteiger charge is 2.21. The van der Waals surface area contributed by atoms with Gasteiger partial charge in [0.25, 0.3) is 0 Å². The van der Waals surface area contributed by atoms with Crippen LogP contribution in [0.1, 0.15) is 41.3 Å². The van der Waals surface area contributed by atoms with Crippen molar-refractivity contribution >= 4 is 11.9 Å². The predicted molar refractivity (Wildman–Crippen MR) is 94.4 cm³/mol. The lowest BCUT2D eigenvalue weighted by Crippen LogP contribution is -2.43. The van der Waals surface area contributed by atoms with E-state index in [1.165, 1.54) is 0 Å². The normalized spacial score (nSPS) is 13.0. The van der Waals surface area contributed by atoms with Gasteiger partial charge in [-0.25, -0.2) is 4.79 Å². The average Bonchev–Trinajstić information content (AvgIpc) is 2.52. The Morgan fingerprint density at radius 1 is 0.917 bits per heavy atom. The van der Waals surface area contributed by atoms with Crippen molar-refractivity contribution in [1.82, 2.24) is 10.6 Å². The highest BCUT2D eigenvalue weighted by molar-refractivity contribution is 5.87. The molecule has 24 heavy (non-hydrogen) atoms. The van der Waals surface area contributed by atoms with Crippen molar-refractivity contribution < 1.29 is 9.59 Å². The third-order valence-corrected chi connectivity index (χ3v) is 3.78. The summed E-state index contributed by atoms with van der Waals surface area (Å²) in [7, 11) is 0. The highest BCUT2D eigenvalue weighted by Crippen LogP contribution is 2.17. The van der Waals surface area contributed by atoms with Gasteiger partial charge in [-0.1, -0.05) is 59.7 Å². The molecule has 0 bridgehead atoms. The monoisotopic (exact) mass is 325 g/mol. The summed E-state index contributed by atoms with van der Waals surface area (Å²) < 4.78 is 0. The molecule has 3 amide bonds. The van der Waals surface area contributed by atoms with Crippen LogP contribution in [0.15, 0.2) is 48.5 Å². The SMILES string of the molecule is Cc1cc(C)cc([C@H](C)NC(=O)N[C@@H](C(N)=O)c2ccccc2)c1. The van der Waals surface area contributed by atoms with Crippen LogP contribution in [0.4, 0.5) is 4.79 Å². The van der Waals surface area contributed by atoms with Gasteiger partial charge in [-0.05, 0) is 31.9 Å². The third kappa shape index (κ3) is 4.59. The number of benzene rings is 2. The number of carbonyl (C=O) groups is 2. The minimum Gasteiger partial charge on any atom is -0.368 e. The summed E-state index contributed by atoms with van der Waals surface area (Å²) in [6, 6.07) is 13.6. The molecule has 0 saturated carbocycles. The van der Waals surface area contributed by atoms with E-state index in [1.807, 2.05) is 39.0 Å². The standard InChI is InChI=1S/C19H23N3O2/c1-12-9-13(2)11-16(10-12)14(3)21-19(24)22-17(18(20)23)15-7-5-4-6-8-15/h4-11,14,17H,1-3H3,(H2,20,23)(H2,21,22,24)/t14-,17+/m0/s1. The summed E-state index contributed by atoms with van der Waals surface area (Å²) in [5.74, 6) is -0.601. The Hall–Kier alpha value is -2.82. The number of nitrogens with two attached hydrogens (primary N) is 1. The molecule has 5 nitrogen and oxygen atoms in total. The Kier molecular flexibility index (Phi) is 5.58. The smallest absolute Gasteiger partial charge is 0.316 e. The lowest BCUT2D eigenvalue weighted by Gasteiger charge is -2.20. The van der Waals surface area contributed by atoms with Crippen LogP contribution in [0.2, 0.25) is 0 Å². The van der Waals surface area contributed by atoms with Gasteiger partial charge >= 0.3 is 6.03 Å². The van der Waals surface area contributed by atoms with Crippen molar-refractivity contribution in [1.29, 1.82) is 0 Å². The number of rotatable bonds is 5.